The predicted molar refractivity (Wildman–Crippen MR) is 140 cm³/mol. The number of hydrogen-bond donors (Lipinski definition) is 0. The highest BCUT2D eigenvalue weighted by Gasteiger charge is 2.33. The summed E-state index contributed by atoms with van der Waals surface area (Å²) in [7, 11) is 0. The van der Waals surface area contributed by atoms with Crippen molar-refractivity contribution in [3.05, 3.63) is 95.3 Å². The first-order chi connectivity index (χ1) is 17.1. The molecule has 0 bridgehead atoms. The number of benzene rings is 3. The Morgan fingerprint density at radius 2 is 1.66 bits per heavy atom. The van der Waals surface area contributed by atoms with Gasteiger partial charge in [-0.1, -0.05) is 60.7 Å². The molecule has 0 aliphatic carbocycles. The van der Waals surface area contributed by atoms with Crippen LogP contribution in [0.3, 0.4) is 0 Å². The molecule has 1 fully saturated rings. The first-order valence-electron chi connectivity index (χ1n) is 12.6. The average molecular weight is 468 g/mol. The lowest BCUT2D eigenvalue weighted by atomic mass is 10.1. The Labute approximate surface area is 207 Å². The Morgan fingerprint density at radius 3 is 2.46 bits per heavy atom. The topological polar surface area (TPSA) is 47.4 Å². The van der Waals surface area contributed by atoms with E-state index in [1.165, 1.54) is 16.7 Å². The van der Waals surface area contributed by atoms with Crippen molar-refractivity contribution in [3.8, 4) is 5.75 Å². The number of rotatable bonds is 9. The van der Waals surface area contributed by atoms with Gasteiger partial charge in [-0.05, 0) is 55.5 Å². The zero-order chi connectivity index (χ0) is 24.2. The van der Waals surface area contributed by atoms with Crippen molar-refractivity contribution in [1.82, 2.24) is 14.5 Å². The van der Waals surface area contributed by atoms with Crippen molar-refractivity contribution in [2.24, 2.45) is 0 Å². The van der Waals surface area contributed by atoms with Gasteiger partial charge < -0.3 is 14.2 Å². The number of carbonyl (C=O) groups excluding carboxylic acids is 1. The number of aryl methyl sites for hydroxylation is 3. The van der Waals surface area contributed by atoms with E-state index in [9.17, 15) is 4.79 Å². The highest BCUT2D eigenvalue weighted by Crippen LogP contribution is 2.31. The summed E-state index contributed by atoms with van der Waals surface area (Å²) in [5.41, 5.74) is 5.72. The van der Waals surface area contributed by atoms with Crippen LogP contribution in [0.1, 0.15) is 41.3 Å². The summed E-state index contributed by atoms with van der Waals surface area (Å²) in [6, 6.07) is 24.9. The molecule has 4 aromatic rings. The monoisotopic (exact) mass is 467 g/mol. The van der Waals surface area contributed by atoms with Gasteiger partial charge in [0.05, 0.1) is 17.6 Å². The Morgan fingerprint density at radius 1 is 0.914 bits per heavy atom. The zero-order valence-corrected chi connectivity index (χ0v) is 20.6. The summed E-state index contributed by atoms with van der Waals surface area (Å²) in [6.45, 7) is 7.12. The van der Waals surface area contributed by atoms with Crippen molar-refractivity contribution in [3.63, 3.8) is 0 Å². The second-order valence-electron chi connectivity index (χ2n) is 9.51. The molecule has 1 aromatic heterocycles. The lowest BCUT2D eigenvalue weighted by molar-refractivity contribution is -0.127. The van der Waals surface area contributed by atoms with Gasteiger partial charge in [-0.3, -0.25) is 4.79 Å². The molecule has 1 atom stereocenters. The molecule has 1 aliphatic heterocycles. The summed E-state index contributed by atoms with van der Waals surface area (Å²) in [6.07, 6.45) is 2.28. The molecule has 1 saturated heterocycles. The van der Waals surface area contributed by atoms with Crippen molar-refractivity contribution in [1.29, 1.82) is 0 Å². The number of hydrogen-bond acceptors (Lipinski definition) is 3. The molecule has 35 heavy (non-hydrogen) atoms. The summed E-state index contributed by atoms with van der Waals surface area (Å²) >= 11 is 0. The van der Waals surface area contributed by atoms with Gasteiger partial charge in [0.15, 0.2) is 0 Å². The van der Waals surface area contributed by atoms with E-state index >= 15 is 0 Å². The van der Waals surface area contributed by atoms with Gasteiger partial charge >= 0.3 is 0 Å². The fourth-order valence-electron chi connectivity index (χ4n) is 5.13. The molecule has 0 radical (unpaired) electrons. The Kier molecular flexibility index (Phi) is 6.84. The third kappa shape index (κ3) is 5.09. The number of aromatic nitrogens is 2. The van der Waals surface area contributed by atoms with Crippen LogP contribution in [0, 0.1) is 13.8 Å². The lowest BCUT2D eigenvalue weighted by Crippen LogP contribution is -2.27. The van der Waals surface area contributed by atoms with Crippen molar-refractivity contribution < 1.29 is 9.53 Å². The van der Waals surface area contributed by atoms with E-state index in [2.05, 4.69) is 79.1 Å². The molecular formula is C30H33N3O2. The largest absolute Gasteiger partial charge is 0.493 e. The van der Waals surface area contributed by atoms with Crippen LogP contribution in [0.4, 0.5) is 0 Å². The van der Waals surface area contributed by atoms with Crippen molar-refractivity contribution >= 4 is 16.9 Å². The maximum atomic E-state index is 12.9. The normalized spacial score (nSPS) is 15.8. The molecule has 5 nitrogen and oxygen atoms in total. The number of amides is 1. The number of imidazole rings is 1. The van der Waals surface area contributed by atoms with Gasteiger partial charge in [-0.15, -0.1) is 0 Å². The number of likely N-dealkylation sites (tertiary alicyclic amines) is 1. The summed E-state index contributed by atoms with van der Waals surface area (Å²) in [4.78, 5) is 19.9. The molecule has 0 N–H and O–H groups in total. The van der Waals surface area contributed by atoms with Gasteiger partial charge in [0.2, 0.25) is 5.91 Å². The van der Waals surface area contributed by atoms with Crippen LogP contribution in [-0.2, 0) is 17.8 Å². The third-order valence-corrected chi connectivity index (χ3v) is 6.96. The standard InChI is InChI=1S/C30H33N3O2/c1-22-10-8-11-23(2)29(22)35-19-9-17-33-27-15-7-6-14-26(27)31-30(33)25-20-28(34)32(21-25)18-16-24-12-4-3-5-13-24/h3-8,10-15,25H,9,16-21H2,1-2H3. The van der Waals surface area contributed by atoms with Crippen LogP contribution in [-0.4, -0.2) is 40.1 Å². The van der Waals surface area contributed by atoms with Gasteiger partial charge in [0, 0.05) is 32.0 Å². The minimum Gasteiger partial charge on any atom is -0.493 e. The molecular weight excluding hydrogens is 434 g/mol. The van der Waals surface area contributed by atoms with E-state index in [1.54, 1.807) is 0 Å². The van der Waals surface area contributed by atoms with Gasteiger partial charge in [-0.2, -0.15) is 0 Å². The van der Waals surface area contributed by atoms with Crippen LogP contribution in [0.5, 0.6) is 5.75 Å². The molecule has 2 heterocycles. The smallest absolute Gasteiger partial charge is 0.223 e. The second-order valence-corrected chi connectivity index (χ2v) is 9.51. The molecule has 0 spiro atoms. The SMILES string of the molecule is Cc1cccc(C)c1OCCCn1c(C2CC(=O)N(CCc3ccccc3)C2)nc2ccccc21. The average Bonchev–Trinajstić information content (AvgIpc) is 3.42. The third-order valence-electron chi connectivity index (χ3n) is 6.96. The number of fused-ring (bicyclic) bond motifs is 1. The molecule has 0 saturated carbocycles. The number of para-hydroxylation sites is 3. The highest BCUT2D eigenvalue weighted by atomic mass is 16.5. The van der Waals surface area contributed by atoms with Crippen molar-refractivity contribution in [2.45, 2.75) is 45.6 Å². The van der Waals surface area contributed by atoms with E-state index in [1.807, 2.05) is 17.0 Å². The van der Waals surface area contributed by atoms with Crippen LogP contribution in [0.2, 0.25) is 0 Å². The van der Waals surface area contributed by atoms with Crippen molar-refractivity contribution in [2.75, 3.05) is 19.7 Å². The van der Waals surface area contributed by atoms with E-state index in [0.717, 1.165) is 55.1 Å². The Bertz CT molecular complexity index is 1290. The maximum absolute atomic E-state index is 12.9. The minimum absolute atomic E-state index is 0.116. The predicted octanol–water partition coefficient (Wildman–Crippen LogP) is 5.68. The summed E-state index contributed by atoms with van der Waals surface area (Å²) in [5.74, 6) is 2.35. The number of nitrogens with zero attached hydrogens (tertiary/aromatic N) is 3. The molecule has 3 aromatic carbocycles. The zero-order valence-electron chi connectivity index (χ0n) is 20.6. The molecule has 5 rings (SSSR count). The van der Waals surface area contributed by atoms with E-state index in [0.29, 0.717) is 13.0 Å². The fourth-order valence-corrected chi connectivity index (χ4v) is 5.13. The summed E-state index contributed by atoms with van der Waals surface area (Å²) in [5, 5.41) is 0. The van der Waals surface area contributed by atoms with Gasteiger partial charge in [-0.25, -0.2) is 4.98 Å². The summed E-state index contributed by atoms with van der Waals surface area (Å²) < 4.78 is 8.46. The number of ether oxygens (including phenoxy) is 1. The minimum atomic E-state index is 0.116. The number of carbonyl (C=O) groups is 1. The quantitative estimate of drug-likeness (QED) is 0.298. The lowest BCUT2D eigenvalue weighted by Gasteiger charge is -2.18. The van der Waals surface area contributed by atoms with Gasteiger partial charge in [0.25, 0.3) is 0 Å². The van der Waals surface area contributed by atoms with Crippen LogP contribution in [0.15, 0.2) is 72.8 Å². The van der Waals surface area contributed by atoms with E-state index in [-0.39, 0.29) is 11.8 Å². The second kappa shape index (κ2) is 10.3. The van der Waals surface area contributed by atoms with Crippen LogP contribution >= 0.6 is 0 Å². The molecule has 5 heteroatoms. The van der Waals surface area contributed by atoms with Crippen LogP contribution < -0.4 is 4.74 Å². The van der Waals surface area contributed by atoms with E-state index in [4.69, 9.17) is 9.72 Å². The molecule has 1 amide bonds. The molecule has 1 unspecified atom stereocenters. The molecule has 180 valence electrons. The Hall–Kier alpha value is -3.60. The van der Waals surface area contributed by atoms with E-state index < -0.39 is 0 Å². The Balaban J connectivity index is 1.28. The van der Waals surface area contributed by atoms with Crippen LogP contribution in [0.25, 0.3) is 11.0 Å². The highest BCUT2D eigenvalue weighted by molar-refractivity contribution is 5.81. The first kappa shape index (κ1) is 23.2. The fraction of sp³-hybridized carbons (Fsp3) is 0.333. The maximum Gasteiger partial charge on any atom is 0.223 e. The first-order valence-corrected chi connectivity index (χ1v) is 12.6. The molecule has 1 aliphatic rings. The van der Waals surface area contributed by atoms with Gasteiger partial charge in [0.1, 0.15) is 11.6 Å².